The van der Waals surface area contributed by atoms with Crippen LogP contribution in [0.1, 0.15) is 26.7 Å². The van der Waals surface area contributed by atoms with E-state index in [1.165, 1.54) is 0 Å². The van der Waals surface area contributed by atoms with E-state index >= 15 is 0 Å². The van der Waals surface area contributed by atoms with Gasteiger partial charge in [0.25, 0.3) is 0 Å². The summed E-state index contributed by atoms with van der Waals surface area (Å²) in [6, 6.07) is 0. The molecule has 0 N–H and O–H groups in total. The monoisotopic (exact) mass is 229 g/mol. The number of carbonyl (C=O) groups is 1. The highest BCUT2D eigenvalue weighted by Gasteiger charge is 2.20. The van der Waals surface area contributed by atoms with E-state index < -0.39 is 0 Å². The summed E-state index contributed by atoms with van der Waals surface area (Å²) in [6.07, 6.45) is 2.64. The fraction of sp³-hybridized carbons (Fsp3) is 0.917. The van der Waals surface area contributed by atoms with E-state index in [-0.39, 0.29) is 11.9 Å². The van der Waals surface area contributed by atoms with Crippen molar-refractivity contribution < 1.29 is 14.3 Å². The lowest BCUT2D eigenvalue weighted by molar-refractivity contribution is -0.148. The topological polar surface area (TPSA) is 38.8 Å². The minimum absolute atomic E-state index is 0.0636. The largest absolute Gasteiger partial charge is 0.466 e. The number of hydrogen-bond donors (Lipinski definition) is 0. The van der Waals surface area contributed by atoms with Gasteiger partial charge in [0.15, 0.2) is 0 Å². The quantitative estimate of drug-likeness (QED) is 0.643. The van der Waals surface area contributed by atoms with Crippen molar-refractivity contribution in [2.75, 3.05) is 33.4 Å². The van der Waals surface area contributed by atoms with Gasteiger partial charge in [-0.25, -0.2) is 0 Å². The lowest BCUT2D eigenvalue weighted by atomic mass is 10.1. The molecule has 0 amide bonds. The molecular formula is C12H23NO3. The molecule has 1 aliphatic heterocycles. The van der Waals surface area contributed by atoms with E-state index in [2.05, 4.69) is 4.90 Å². The van der Waals surface area contributed by atoms with Crippen molar-refractivity contribution >= 4 is 5.97 Å². The average molecular weight is 229 g/mol. The number of likely N-dealkylation sites (N-methyl/N-ethyl adjacent to an activating group) is 1. The zero-order chi connectivity index (χ0) is 12.0. The lowest BCUT2D eigenvalue weighted by Gasteiger charge is -2.22. The molecule has 0 spiro atoms. The van der Waals surface area contributed by atoms with Crippen LogP contribution >= 0.6 is 0 Å². The van der Waals surface area contributed by atoms with Crippen molar-refractivity contribution in [1.82, 2.24) is 4.90 Å². The smallest absolute Gasteiger partial charge is 0.309 e. The molecule has 2 atom stereocenters. The third kappa shape index (κ3) is 4.49. The Morgan fingerprint density at radius 2 is 2.38 bits per heavy atom. The highest BCUT2D eigenvalue weighted by atomic mass is 16.5. The summed E-state index contributed by atoms with van der Waals surface area (Å²) in [5.74, 6) is -0.173. The molecule has 0 radical (unpaired) electrons. The van der Waals surface area contributed by atoms with E-state index in [1.807, 2.05) is 20.9 Å². The molecule has 0 bridgehead atoms. The molecule has 4 nitrogen and oxygen atoms in total. The zero-order valence-electron chi connectivity index (χ0n) is 10.6. The number of esters is 1. The van der Waals surface area contributed by atoms with Gasteiger partial charge in [0.2, 0.25) is 0 Å². The van der Waals surface area contributed by atoms with E-state index in [0.29, 0.717) is 12.7 Å². The SMILES string of the molecule is CCOC(=O)C(C)CN(C)CC1CCCO1. The van der Waals surface area contributed by atoms with E-state index in [9.17, 15) is 4.79 Å². The second-order valence-corrected chi connectivity index (χ2v) is 4.51. The van der Waals surface area contributed by atoms with Gasteiger partial charge >= 0.3 is 5.97 Å². The number of ether oxygens (including phenoxy) is 2. The van der Waals surface area contributed by atoms with E-state index in [1.54, 1.807) is 0 Å². The van der Waals surface area contributed by atoms with Crippen LogP contribution in [0.2, 0.25) is 0 Å². The summed E-state index contributed by atoms with van der Waals surface area (Å²) in [6.45, 7) is 6.72. The van der Waals surface area contributed by atoms with Crippen LogP contribution in [0.4, 0.5) is 0 Å². The molecule has 1 saturated heterocycles. The molecule has 0 saturated carbocycles. The summed E-state index contributed by atoms with van der Waals surface area (Å²) in [7, 11) is 2.03. The van der Waals surface area contributed by atoms with Crippen LogP contribution in [0, 0.1) is 5.92 Å². The van der Waals surface area contributed by atoms with Crippen LogP contribution in [0.5, 0.6) is 0 Å². The van der Waals surface area contributed by atoms with Crippen molar-refractivity contribution in [3.05, 3.63) is 0 Å². The Labute approximate surface area is 97.9 Å². The predicted octanol–water partition coefficient (Wildman–Crippen LogP) is 1.30. The van der Waals surface area contributed by atoms with Gasteiger partial charge in [0.1, 0.15) is 0 Å². The van der Waals surface area contributed by atoms with E-state index in [0.717, 1.165) is 32.5 Å². The molecule has 16 heavy (non-hydrogen) atoms. The molecule has 1 fully saturated rings. The summed E-state index contributed by atoms with van der Waals surface area (Å²) < 4.78 is 10.5. The second-order valence-electron chi connectivity index (χ2n) is 4.51. The van der Waals surface area contributed by atoms with Gasteiger partial charge in [-0.3, -0.25) is 4.79 Å². The molecule has 0 aromatic rings. The van der Waals surface area contributed by atoms with Crippen molar-refractivity contribution in [1.29, 1.82) is 0 Å². The van der Waals surface area contributed by atoms with Gasteiger partial charge in [0, 0.05) is 19.7 Å². The van der Waals surface area contributed by atoms with Crippen molar-refractivity contribution in [2.24, 2.45) is 5.92 Å². The van der Waals surface area contributed by atoms with Crippen LogP contribution in [-0.4, -0.2) is 50.3 Å². The second kappa shape index (κ2) is 6.86. The Balaban J connectivity index is 2.21. The third-order valence-electron chi connectivity index (χ3n) is 2.81. The fourth-order valence-electron chi connectivity index (χ4n) is 2.04. The number of carbonyl (C=O) groups excluding carboxylic acids is 1. The van der Waals surface area contributed by atoms with Gasteiger partial charge in [-0.15, -0.1) is 0 Å². The molecule has 0 aromatic carbocycles. The molecule has 1 rings (SSSR count). The molecule has 94 valence electrons. The Bertz CT molecular complexity index is 214. The van der Waals surface area contributed by atoms with Crippen LogP contribution < -0.4 is 0 Å². The Morgan fingerprint density at radius 3 is 2.94 bits per heavy atom. The van der Waals surface area contributed by atoms with Crippen molar-refractivity contribution in [2.45, 2.75) is 32.8 Å². The number of nitrogens with zero attached hydrogens (tertiary/aromatic N) is 1. The highest BCUT2D eigenvalue weighted by molar-refractivity contribution is 5.72. The van der Waals surface area contributed by atoms with Crippen molar-refractivity contribution in [3.8, 4) is 0 Å². The van der Waals surface area contributed by atoms with Gasteiger partial charge in [-0.05, 0) is 26.8 Å². The molecule has 0 aliphatic carbocycles. The molecule has 2 unspecified atom stereocenters. The number of hydrogen-bond acceptors (Lipinski definition) is 4. The number of rotatable bonds is 6. The summed E-state index contributed by atoms with van der Waals surface area (Å²) in [4.78, 5) is 13.6. The maximum Gasteiger partial charge on any atom is 0.309 e. The van der Waals surface area contributed by atoms with Crippen LogP contribution in [0.15, 0.2) is 0 Å². The molecule has 0 aromatic heterocycles. The first-order valence-corrected chi connectivity index (χ1v) is 6.10. The molecule has 1 heterocycles. The first-order valence-electron chi connectivity index (χ1n) is 6.10. The Hall–Kier alpha value is -0.610. The highest BCUT2D eigenvalue weighted by Crippen LogP contribution is 2.13. The van der Waals surface area contributed by atoms with E-state index in [4.69, 9.17) is 9.47 Å². The van der Waals surface area contributed by atoms with Crippen LogP contribution in [0.25, 0.3) is 0 Å². The van der Waals surface area contributed by atoms with Gasteiger partial charge < -0.3 is 14.4 Å². The first-order chi connectivity index (χ1) is 7.63. The first kappa shape index (κ1) is 13.5. The fourth-order valence-corrected chi connectivity index (χ4v) is 2.04. The normalized spacial score (nSPS) is 22.4. The summed E-state index contributed by atoms with van der Waals surface area (Å²) in [5, 5.41) is 0. The Kier molecular flexibility index (Phi) is 5.77. The van der Waals surface area contributed by atoms with Gasteiger partial charge in [0.05, 0.1) is 18.6 Å². The van der Waals surface area contributed by atoms with Crippen LogP contribution in [-0.2, 0) is 14.3 Å². The minimum Gasteiger partial charge on any atom is -0.466 e. The maximum atomic E-state index is 11.4. The minimum atomic E-state index is -0.110. The molecular weight excluding hydrogens is 206 g/mol. The Morgan fingerprint density at radius 1 is 1.62 bits per heavy atom. The molecule has 1 aliphatic rings. The van der Waals surface area contributed by atoms with Gasteiger partial charge in [-0.1, -0.05) is 6.92 Å². The summed E-state index contributed by atoms with van der Waals surface area (Å²) in [5.41, 5.74) is 0. The third-order valence-corrected chi connectivity index (χ3v) is 2.81. The van der Waals surface area contributed by atoms with Crippen molar-refractivity contribution in [3.63, 3.8) is 0 Å². The molecule has 4 heteroatoms. The average Bonchev–Trinajstić information content (AvgIpc) is 2.70. The lowest BCUT2D eigenvalue weighted by Crippen LogP contribution is -2.35. The van der Waals surface area contributed by atoms with Crippen LogP contribution in [0.3, 0.4) is 0 Å². The maximum absolute atomic E-state index is 11.4. The summed E-state index contributed by atoms with van der Waals surface area (Å²) >= 11 is 0. The standard InChI is InChI=1S/C12H23NO3/c1-4-15-12(14)10(2)8-13(3)9-11-6-5-7-16-11/h10-11H,4-9H2,1-3H3. The zero-order valence-corrected chi connectivity index (χ0v) is 10.6. The predicted molar refractivity (Wildman–Crippen MR) is 62.3 cm³/mol. The van der Waals surface area contributed by atoms with Gasteiger partial charge in [-0.2, -0.15) is 0 Å².